The van der Waals surface area contributed by atoms with Gasteiger partial charge in [-0.05, 0) is 25.5 Å². The normalized spacial score (nSPS) is 11.5. The average Bonchev–Trinajstić information content (AvgIpc) is 3.18. The highest BCUT2D eigenvalue weighted by atomic mass is 127. The van der Waals surface area contributed by atoms with Crippen molar-refractivity contribution in [2.45, 2.75) is 39.9 Å². The predicted molar refractivity (Wildman–Crippen MR) is 104 cm³/mol. The first-order chi connectivity index (χ1) is 11.1. The van der Waals surface area contributed by atoms with Crippen LogP contribution in [-0.2, 0) is 19.5 Å². The minimum Gasteiger partial charge on any atom is -0.357 e. The maximum absolute atomic E-state index is 12.8. The molecule has 0 fully saturated rings. The SMILES string of the molecule is CCNC(=NCc1nccn1C(F)F)NCc1ccc(CC)s1.I. The number of rotatable bonds is 7. The fourth-order valence-electron chi connectivity index (χ4n) is 2.01. The Morgan fingerprint density at radius 2 is 2.04 bits per heavy atom. The van der Waals surface area contributed by atoms with Crippen LogP contribution in [0.15, 0.2) is 29.5 Å². The maximum atomic E-state index is 12.8. The molecular weight excluding hydrogens is 447 g/mol. The summed E-state index contributed by atoms with van der Waals surface area (Å²) in [5.41, 5.74) is 0. The summed E-state index contributed by atoms with van der Waals surface area (Å²) in [5.74, 6) is 0.823. The molecule has 0 aliphatic carbocycles. The molecule has 0 bridgehead atoms. The third-order valence-electron chi connectivity index (χ3n) is 3.18. The molecule has 0 amide bonds. The molecule has 5 nitrogen and oxygen atoms in total. The average molecular weight is 469 g/mol. The minimum atomic E-state index is -2.60. The molecule has 0 spiro atoms. The summed E-state index contributed by atoms with van der Waals surface area (Å²) >= 11 is 1.75. The van der Waals surface area contributed by atoms with E-state index < -0.39 is 6.55 Å². The van der Waals surface area contributed by atoms with Crippen LogP contribution >= 0.6 is 35.3 Å². The molecule has 2 heterocycles. The summed E-state index contributed by atoms with van der Waals surface area (Å²) in [6.07, 6.45) is 3.64. The lowest BCUT2D eigenvalue weighted by Gasteiger charge is -2.11. The third kappa shape index (κ3) is 6.00. The quantitative estimate of drug-likeness (QED) is 0.369. The number of nitrogens with zero attached hydrogens (tertiary/aromatic N) is 3. The van der Waals surface area contributed by atoms with Gasteiger partial charge >= 0.3 is 6.55 Å². The van der Waals surface area contributed by atoms with E-state index in [2.05, 4.69) is 39.7 Å². The van der Waals surface area contributed by atoms with Gasteiger partial charge in [-0.2, -0.15) is 8.78 Å². The predicted octanol–water partition coefficient (Wildman–Crippen LogP) is 3.78. The van der Waals surface area contributed by atoms with Crippen molar-refractivity contribution < 1.29 is 8.78 Å². The number of thiophene rings is 1. The van der Waals surface area contributed by atoms with E-state index in [-0.39, 0.29) is 36.3 Å². The zero-order valence-electron chi connectivity index (χ0n) is 13.6. The van der Waals surface area contributed by atoms with Gasteiger partial charge < -0.3 is 10.6 Å². The van der Waals surface area contributed by atoms with Crippen molar-refractivity contribution in [1.82, 2.24) is 20.2 Å². The van der Waals surface area contributed by atoms with Gasteiger partial charge in [0.2, 0.25) is 0 Å². The molecule has 9 heteroatoms. The number of hydrogen-bond acceptors (Lipinski definition) is 3. The van der Waals surface area contributed by atoms with Gasteiger partial charge in [0.1, 0.15) is 12.4 Å². The number of hydrogen-bond donors (Lipinski definition) is 2. The summed E-state index contributed by atoms with van der Waals surface area (Å²) in [7, 11) is 0. The number of nitrogens with one attached hydrogen (secondary N) is 2. The van der Waals surface area contributed by atoms with Crippen molar-refractivity contribution in [1.29, 1.82) is 0 Å². The van der Waals surface area contributed by atoms with Gasteiger partial charge in [-0.15, -0.1) is 35.3 Å². The molecule has 2 aromatic rings. The number of aromatic nitrogens is 2. The number of imidazole rings is 1. The molecule has 2 rings (SSSR count). The van der Waals surface area contributed by atoms with E-state index in [9.17, 15) is 8.78 Å². The zero-order chi connectivity index (χ0) is 16.7. The zero-order valence-corrected chi connectivity index (χ0v) is 16.8. The Bertz CT molecular complexity index is 641. The molecule has 0 aliphatic rings. The lowest BCUT2D eigenvalue weighted by molar-refractivity contribution is 0.0671. The monoisotopic (exact) mass is 469 g/mol. The van der Waals surface area contributed by atoms with Crippen LogP contribution in [-0.4, -0.2) is 22.1 Å². The van der Waals surface area contributed by atoms with E-state index in [1.54, 1.807) is 11.3 Å². The van der Waals surface area contributed by atoms with Gasteiger partial charge in [-0.3, -0.25) is 4.57 Å². The lowest BCUT2D eigenvalue weighted by atomic mass is 10.4. The standard InChI is InChI=1S/C15H21F2N5S.HI/c1-3-11-5-6-12(23-11)9-20-15(18-4-2)21-10-13-19-7-8-22(13)14(16)17;/h5-8,14H,3-4,9-10H2,1-2H3,(H2,18,20,21);1H. The van der Waals surface area contributed by atoms with Crippen LogP contribution in [0.1, 0.15) is 36.0 Å². The molecule has 2 N–H and O–H groups in total. The second-order valence-electron chi connectivity index (χ2n) is 4.80. The van der Waals surface area contributed by atoms with Crippen molar-refractivity contribution in [2.75, 3.05) is 6.54 Å². The Kier molecular flexibility index (Phi) is 9.19. The highest BCUT2D eigenvalue weighted by Crippen LogP contribution is 2.16. The molecule has 0 radical (unpaired) electrons. The summed E-state index contributed by atoms with van der Waals surface area (Å²) in [6, 6.07) is 4.20. The summed E-state index contributed by atoms with van der Waals surface area (Å²) in [5, 5.41) is 6.31. The molecule has 134 valence electrons. The smallest absolute Gasteiger partial charge is 0.319 e. The molecule has 2 aromatic heterocycles. The molecule has 24 heavy (non-hydrogen) atoms. The molecule has 0 atom stereocenters. The summed E-state index contributed by atoms with van der Waals surface area (Å²) in [4.78, 5) is 10.8. The highest BCUT2D eigenvalue weighted by Gasteiger charge is 2.11. The second-order valence-corrected chi connectivity index (χ2v) is 6.05. The second kappa shape index (κ2) is 10.6. The van der Waals surface area contributed by atoms with E-state index >= 15 is 0 Å². The Hall–Kier alpha value is -1.23. The van der Waals surface area contributed by atoms with Crippen LogP contribution in [0.2, 0.25) is 0 Å². The lowest BCUT2D eigenvalue weighted by Crippen LogP contribution is -2.36. The maximum Gasteiger partial charge on any atom is 0.319 e. The van der Waals surface area contributed by atoms with Crippen LogP contribution in [0.3, 0.4) is 0 Å². The first kappa shape index (κ1) is 20.8. The fraction of sp³-hybridized carbons (Fsp3) is 0.467. The Labute approximate surface area is 161 Å². The largest absolute Gasteiger partial charge is 0.357 e. The summed E-state index contributed by atoms with van der Waals surface area (Å²) in [6.45, 7) is 2.92. The third-order valence-corrected chi connectivity index (χ3v) is 4.41. The first-order valence-corrected chi connectivity index (χ1v) is 8.35. The number of halogens is 3. The van der Waals surface area contributed by atoms with Gasteiger partial charge in [0.25, 0.3) is 0 Å². The van der Waals surface area contributed by atoms with Crippen molar-refractivity contribution in [3.05, 3.63) is 40.1 Å². The molecule has 0 aromatic carbocycles. The van der Waals surface area contributed by atoms with Gasteiger partial charge in [0.05, 0.1) is 6.54 Å². The molecule has 0 saturated heterocycles. The van der Waals surface area contributed by atoms with Crippen molar-refractivity contribution in [3.63, 3.8) is 0 Å². The fourth-order valence-corrected chi connectivity index (χ4v) is 2.91. The Morgan fingerprint density at radius 1 is 1.29 bits per heavy atom. The van der Waals surface area contributed by atoms with E-state index in [1.165, 1.54) is 22.1 Å². The number of alkyl halides is 2. The van der Waals surface area contributed by atoms with Gasteiger partial charge in [0, 0.05) is 28.7 Å². The van der Waals surface area contributed by atoms with Crippen LogP contribution < -0.4 is 10.6 Å². The van der Waals surface area contributed by atoms with Gasteiger partial charge in [0.15, 0.2) is 5.96 Å². The van der Waals surface area contributed by atoms with E-state index in [0.29, 0.717) is 19.0 Å². The minimum absolute atomic E-state index is 0. The molecular formula is C15H22F2IN5S. The summed E-state index contributed by atoms with van der Waals surface area (Å²) < 4.78 is 26.4. The van der Waals surface area contributed by atoms with E-state index in [0.717, 1.165) is 11.0 Å². The van der Waals surface area contributed by atoms with Crippen LogP contribution in [0.25, 0.3) is 0 Å². The van der Waals surface area contributed by atoms with Crippen molar-refractivity contribution in [3.8, 4) is 0 Å². The Morgan fingerprint density at radius 3 is 2.67 bits per heavy atom. The number of aryl methyl sites for hydroxylation is 1. The molecule has 0 unspecified atom stereocenters. The topological polar surface area (TPSA) is 54.2 Å². The Balaban J connectivity index is 0.00000288. The van der Waals surface area contributed by atoms with E-state index in [4.69, 9.17) is 0 Å². The first-order valence-electron chi connectivity index (χ1n) is 7.53. The number of aliphatic imine (C=N–C) groups is 1. The van der Waals surface area contributed by atoms with Gasteiger partial charge in [-0.25, -0.2) is 9.98 Å². The van der Waals surface area contributed by atoms with Crippen LogP contribution in [0.4, 0.5) is 8.78 Å². The van der Waals surface area contributed by atoms with Crippen molar-refractivity contribution in [2.24, 2.45) is 4.99 Å². The molecule has 0 saturated carbocycles. The highest BCUT2D eigenvalue weighted by molar-refractivity contribution is 14.0. The van der Waals surface area contributed by atoms with E-state index in [1.807, 2.05) is 6.92 Å². The van der Waals surface area contributed by atoms with Gasteiger partial charge in [-0.1, -0.05) is 6.92 Å². The van der Waals surface area contributed by atoms with Crippen LogP contribution in [0.5, 0.6) is 0 Å². The number of guanidine groups is 1. The van der Waals surface area contributed by atoms with Crippen molar-refractivity contribution >= 4 is 41.3 Å². The van der Waals surface area contributed by atoms with Crippen LogP contribution in [0, 0.1) is 0 Å². The molecule has 0 aliphatic heterocycles.